The van der Waals surface area contributed by atoms with Crippen LogP contribution in [0.1, 0.15) is 63.0 Å². The maximum atomic E-state index is 12.2. The largest absolute Gasteiger partial charge is 0.483 e. The van der Waals surface area contributed by atoms with Gasteiger partial charge in [-0.1, -0.05) is 45.2 Å². The predicted octanol–water partition coefficient (Wildman–Crippen LogP) is 3.84. The molecule has 1 aromatic carbocycles. The highest BCUT2D eigenvalue weighted by Gasteiger charge is 2.33. The predicted molar refractivity (Wildman–Crippen MR) is 90.3 cm³/mol. The van der Waals surface area contributed by atoms with E-state index in [9.17, 15) is 10.1 Å². The first kappa shape index (κ1) is 17.3. The van der Waals surface area contributed by atoms with Gasteiger partial charge >= 0.3 is 0 Å². The summed E-state index contributed by atoms with van der Waals surface area (Å²) in [6.45, 7) is 6.16. The van der Waals surface area contributed by atoms with Crippen LogP contribution < -0.4 is 10.1 Å². The summed E-state index contributed by atoms with van der Waals surface area (Å²) in [4.78, 5) is 12.2. The summed E-state index contributed by atoms with van der Waals surface area (Å²) in [7, 11) is 0. The lowest BCUT2D eigenvalue weighted by molar-refractivity contribution is -0.124. The van der Waals surface area contributed by atoms with Crippen LogP contribution in [0.3, 0.4) is 0 Å². The molecular formula is C19H26N2O2. The van der Waals surface area contributed by atoms with Crippen LogP contribution in [0.25, 0.3) is 0 Å². The average Bonchev–Trinajstić information content (AvgIpc) is 2.53. The Labute approximate surface area is 138 Å². The number of aryl methyl sites for hydroxylation is 1. The molecule has 0 spiro atoms. The van der Waals surface area contributed by atoms with E-state index >= 15 is 0 Å². The van der Waals surface area contributed by atoms with Gasteiger partial charge in [0.2, 0.25) is 0 Å². The Bertz CT molecular complexity index is 596. The smallest absolute Gasteiger partial charge is 0.259 e. The van der Waals surface area contributed by atoms with Gasteiger partial charge in [0, 0.05) is 0 Å². The quantitative estimate of drug-likeness (QED) is 0.898. The molecule has 1 aliphatic carbocycles. The van der Waals surface area contributed by atoms with E-state index in [1.165, 1.54) is 0 Å². The zero-order valence-corrected chi connectivity index (χ0v) is 14.3. The van der Waals surface area contributed by atoms with Crippen molar-refractivity contribution >= 4 is 5.91 Å². The molecule has 1 saturated carbocycles. The van der Waals surface area contributed by atoms with Crippen LogP contribution in [0, 0.1) is 18.3 Å². The van der Waals surface area contributed by atoms with Crippen molar-refractivity contribution < 1.29 is 9.53 Å². The van der Waals surface area contributed by atoms with Gasteiger partial charge in [-0.15, -0.1) is 0 Å². The van der Waals surface area contributed by atoms with Crippen molar-refractivity contribution in [2.24, 2.45) is 0 Å². The summed E-state index contributed by atoms with van der Waals surface area (Å²) in [6, 6.07) is 8.36. The number of hydrogen-bond acceptors (Lipinski definition) is 3. The first-order valence-corrected chi connectivity index (χ1v) is 8.41. The standard InChI is InChI=1S/C19H26N2O2/c1-14(2)16-8-7-15(3)11-17(16)23-12-18(22)21-19(13-20)9-5-4-6-10-19/h7-8,11,14H,4-6,9-10,12H2,1-3H3,(H,21,22). The molecule has 1 N–H and O–H groups in total. The van der Waals surface area contributed by atoms with Gasteiger partial charge in [0.25, 0.3) is 5.91 Å². The van der Waals surface area contributed by atoms with Crippen LogP contribution in [0.5, 0.6) is 5.75 Å². The number of carbonyl (C=O) groups excluding carboxylic acids is 1. The summed E-state index contributed by atoms with van der Waals surface area (Å²) < 4.78 is 5.75. The second-order valence-corrected chi connectivity index (χ2v) is 6.79. The Morgan fingerprint density at radius 3 is 2.65 bits per heavy atom. The van der Waals surface area contributed by atoms with Gasteiger partial charge in [-0.3, -0.25) is 4.79 Å². The minimum atomic E-state index is -0.702. The maximum absolute atomic E-state index is 12.2. The minimum absolute atomic E-state index is 0.0490. The number of hydrogen-bond donors (Lipinski definition) is 1. The number of carbonyl (C=O) groups is 1. The van der Waals surface area contributed by atoms with Crippen LogP contribution in [0.2, 0.25) is 0 Å². The normalized spacial score (nSPS) is 16.7. The molecule has 0 atom stereocenters. The van der Waals surface area contributed by atoms with E-state index in [0.717, 1.165) is 49.0 Å². The van der Waals surface area contributed by atoms with E-state index in [1.54, 1.807) is 0 Å². The maximum Gasteiger partial charge on any atom is 0.259 e. The Morgan fingerprint density at radius 1 is 1.35 bits per heavy atom. The van der Waals surface area contributed by atoms with E-state index in [2.05, 4.69) is 31.3 Å². The first-order chi connectivity index (χ1) is 11.0. The number of nitrogens with one attached hydrogen (secondary N) is 1. The molecule has 4 heteroatoms. The van der Waals surface area contributed by atoms with Gasteiger partial charge in [0.15, 0.2) is 6.61 Å². The topological polar surface area (TPSA) is 62.1 Å². The molecule has 0 radical (unpaired) electrons. The summed E-state index contributed by atoms with van der Waals surface area (Å²) in [6.07, 6.45) is 4.58. The summed E-state index contributed by atoms with van der Waals surface area (Å²) in [5.41, 5.74) is 1.49. The number of nitrogens with zero attached hydrogens (tertiary/aromatic N) is 1. The number of nitriles is 1. The SMILES string of the molecule is Cc1ccc(C(C)C)c(OCC(=O)NC2(C#N)CCCCC2)c1. The number of amides is 1. The minimum Gasteiger partial charge on any atom is -0.483 e. The van der Waals surface area contributed by atoms with E-state index in [1.807, 2.05) is 19.1 Å². The second-order valence-electron chi connectivity index (χ2n) is 6.79. The van der Waals surface area contributed by atoms with Gasteiger partial charge in [-0.25, -0.2) is 0 Å². The van der Waals surface area contributed by atoms with Crippen LogP contribution in [-0.2, 0) is 4.79 Å². The molecule has 124 valence electrons. The van der Waals surface area contributed by atoms with Crippen LogP contribution in [0.15, 0.2) is 18.2 Å². The summed E-state index contributed by atoms with van der Waals surface area (Å²) >= 11 is 0. The van der Waals surface area contributed by atoms with E-state index in [4.69, 9.17) is 4.74 Å². The Balaban J connectivity index is 1.99. The van der Waals surface area contributed by atoms with Crippen molar-refractivity contribution in [2.75, 3.05) is 6.61 Å². The van der Waals surface area contributed by atoms with Crippen LogP contribution >= 0.6 is 0 Å². The van der Waals surface area contributed by atoms with Gasteiger partial charge in [0.05, 0.1) is 6.07 Å². The van der Waals surface area contributed by atoms with Crippen molar-refractivity contribution in [3.05, 3.63) is 29.3 Å². The third kappa shape index (κ3) is 4.48. The van der Waals surface area contributed by atoms with Gasteiger partial charge in [-0.05, 0) is 42.9 Å². The molecule has 2 rings (SSSR count). The highest BCUT2D eigenvalue weighted by Crippen LogP contribution is 2.29. The fraction of sp³-hybridized carbons (Fsp3) is 0.579. The van der Waals surface area contributed by atoms with Crippen molar-refractivity contribution in [1.82, 2.24) is 5.32 Å². The first-order valence-electron chi connectivity index (χ1n) is 8.41. The lowest BCUT2D eigenvalue weighted by atomic mass is 9.83. The van der Waals surface area contributed by atoms with Crippen molar-refractivity contribution in [3.8, 4) is 11.8 Å². The van der Waals surface area contributed by atoms with E-state index in [-0.39, 0.29) is 12.5 Å². The zero-order chi connectivity index (χ0) is 16.9. The van der Waals surface area contributed by atoms with Gasteiger partial charge < -0.3 is 10.1 Å². The molecule has 1 fully saturated rings. The monoisotopic (exact) mass is 314 g/mol. The van der Waals surface area contributed by atoms with Crippen LogP contribution in [-0.4, -0.2) is 18.1 Å². The molecule has 23 heavy (non-hydrogen) atoms. The second kappa shape index (κ2) is 7.50. The third-order valence-corrected chi connectivity index (χ3v) is 4.45. The molecule has 0 saturated heterocycles. The fourth-order valence-corrected chi connectivity index (χ4v) is 3.11. The van der Waals surface area contributed by atoms with Crippen LogP contribution in [0.4, 0.5) is 0 Å². The third-order valence-electron chi connectivity index (χ3n) is 4.45. The molecule has 0 aromatic heterocycles. The average molecular weight is 314 g/mol. The Hall–Kier alpha value is -2.02. The summed E-state index contributed by atoms with van der Waals surface area (Å²) in [5, 5.41) is 12.3. The van der Waals surface area contributed by atoms with Crippen molar-refractivity contribution in [1.29, 1.82) is 5.26 Å². The number of benzene rings is 1. The highest BCUT2D eigenvalue weighted by atomic mass is 16.5. The highest BCUT2D eigenvalue weighted by molar-refractivity contribution is 5.79. The summed E-state index contributed by atoms with van der Waals surface area (Å²) in [5.74, 6) is 0.868. The Morgan fingerprint density at radius 2 is 2.04 bits per heavy atom. The van der Waals surface area contributed by atoms with Crippen molar-refractivity contribution in [3.63, 3.8) is 0 Å². The molecule has 0 bridgehead atoms. The fourth-order valence-electron chi connectivity index (χ4n) is 3.11. The zero-order valence-electron chi connectivity index (χ0n) is 14.3. The molecular weight excluding hydrogens is 288 g/mol. The lowest BCUT2D eigenvalue weighted by Crippen LogP contribution is -2.50. The number of rotatable bonds is 5. The van der Waals surface area contributed by atoms with Crippen molar-refractivity contribution in [2.45, 2.75) is 64.3 Å². The van der Waals surface area contributed by atoms with Gasteiger partial charge in [-0.2, -0.15) is 5.26 Å². The van der Waals surface area contributed by atoms with Gasteiger partial charge in [0.1, 0.15) is 11.3 Å². The molecule has 4 nitrogen and oxygen atoms in total. The molecule has 0 unspecified atom stereocenters. The molecule has 1 aliphatic rings. The molecule has 1 amide bonds. The van der Waals surface area contributed by atoms with E-state index < -0.39 is 5.54 Å². The Kier molecular flexibility index (Phi) is 5.65. The molecule has 0 aliphatic heterocycles. The number of ether oxygens (including phenoxy) is 1. The lowest BCUT2D eigenvalue weighted by Gasteiger charge is -2.31. The molecule has 1 aromatic rings. The van der Waals surface area contributed by atoms with E-state index in [0.29, 0.717) is 5.92 Å². The molecule has 0 heterocycles.